The number of aromatic hydroxyl groups is 1. The van der Waals surface area contributed by atoms with Crippen LogP contribution in [0.2, 0.25) is 0 Å². The summed E-state index contributed by atoms with van der Waals surface area (Å²) in [4.78, 5) is 43.1. The van der Waals surface area contributed by atoms with Crippen LogP contribution in [0.1, 0.15) is 36.0 Å². The molecule has 40 heavy (non-hydrogen) atoms. The Morgan fingerprint density at radius 3 is 2.48 bits per heavy atom. The van der Waals surface area contributed by atoms with E-state index in [0.29, 0.717) is 10.9 Å². The molecule has 0 unspecified atom stereocenters. The predicted molar refractivity (Wildman–Crippen MR) is 146 cm³/mol. The number of ketones is 2. The van der Waals surface area contributed by atoms with Gasteiger partial charge in [0.15, 0.2) is 11.4 Å². The van der Waals surface area contributed by atoms with Crippen molar-refractivity contribution in [2.75, 3.05) is 27.2 Å². The molecule has 6 rings (SSSR count). The molecule has 0 bridgehead atoms. The summed E-state index contributed by atoms with van der Waals surface area (Å²) in [6.45, 7) is 2.79. The lowest BCUT2D eigenvalue weighted by molar-refractivity contribution is -0.153. The molecule has 1 aliphatic heterocycles. The number of hydrogen-bond acceptors (Lipinski definition) is 9. The summed E-state index contributed by atoms with van der Waals surface area (Å²) in [6, 6.07) is 6.65. The summed E-state index contributed by atoms with van der Waals surface area (Å²) in [5.74, 6) is -6.42. The quantitative estimate of drug-likeness (QED) is 0.358. The lowest BCUT2D eigenvalue weighted by Crippen LogP contribution is -2.65. The first-order valence-electron chi connectivity index (χ1n) is 13.6. The van der Waals surface area contributed by atoms with Gasteiger partial charge in [0, 0.05) is 23.4 Å². The number of nitrogens with two attached hydrogens (primary N) is 1. The van der Waals surface area contributed by atoms with E-state index >= 15 is 0 Å². The molecule has 10 heteroatoms. The molecule has 0 aromatic heterocycles. The molecule has 0 spiro atoms. The Labute approximate surface area is 231 Å². The minimum absolute atomic E-state index is 0.0688. The van der Waals surface area contributed by atoms with Crippen LogP contribution in [0.15, 0.2) is 41.2 Å². The van der Waals surface area contributed by atoms with E-state index < -0.39 is 58.0 Å². The number of hydrogen-bond donors (Lipinski definition) is 5. The highest BCUT2D eigenvalue weighted by Gasteiger charge is 2.64. The van der Waals surface area contributed by atoms with Crippen molar-refractivity contribution >= 4 is 34.0 Å². The molecule has 4 atom stereocenters. The van der Waals surface area contributed by atoms with Crippen LogP contribution in [0, 0.1) is 11.8 Å². The van der Waals surface area contributed by atoms with E-state index in [4.69, 9.17) is 5.73 Å². The number of aliphatic hydroxyl groups is 3. The van der Waals surface area contributed by atoms with Gasteiger partial charge < -0.3 is 26.2 Å². The average Bonchev–Trinajstić information content (AvgIpc) is 3.39. The van der Waals surface area contributed by atoms with Gasteiger partial charge in [-0.1, -0.05) is 18.2 Å². The Hall–Kier alpha value is -3.73. The first-order valence-corrected chi connectivity index (χ1v) is 13.6. The van der Waals surface area contributed by atoms with Crippen molar-refractivity contribution in [3.05, 3.63) is 57.9 Å². The second-order valence-electron chi connectivity index (χ2n) is 11.8. The number of amides is 1. The highest BCUT2D eigenvalue weighted by Crippen LogP contribution is 2.53. The van der Waals surface area contributed by atoms with Crippen LogP contribution in [0.5, 0.6) is 5.75 Å². The number of phenols is 1. The molecular formula is C30H33N3O7. The standard InChI is InChI=1S/C30H33N3O7/c1-32(2)23-19-12-17-11-16-10-15-6-5-14(13-33-7-3-4-8-33)9-18(15)24(34)20(16)25(35)21(17)27(37)30(19,40)28(38)22(26(23)36)29(31)39/h5-6,9-10,17,19,23,34-35,38,40H,3-4,7-8,11-13H2,1-2H3,(H2,31,39)/t17-,19-,23-,30-/m0/s1. The number of carbonyl (C=O) groups excluding carboxylic acids is 3. The van der Waals surface area contributed by atoms with Crippen molar-refractivity contribution in [1.29, 1.82) is 0 Å². The van der Waals surface area contributed by atoms with Gasteiger partial charge in [0.25, 0.3) is 5.91 Å². The molecular weight excluding hydrogens is 514 g/mol. The molecule has 1 heterocycles. The van der Waals surface area contributed by atoms with Gasteiger partial charge in [-0.3, -0.25) is 24.2 Å². The maximum atomic E-state index is 14.0. The number of carbonyl (C=O) groups is 3. The van der Waals surface area contributed by atoms with Gasteiger partial charge in [-0.05, 0) is 81.4 Å². The molecule has 10 nitrogen and oxygen atoms in total. The molecule has 2 aromatic carbocycles. The maximum Gasteiger partial charge on any atom is 0.255 e. The SMILES string of the molecule is CN(C)[C@@H]1C(=O)C(C(N)=O)=C(O)[C@@]2(O)C(=O)C3=C(O)c4c(cc5ccc(CN6CCCC6)cc5c4O)C[C@H]3C[C@@H]12. The van der Waals surface area contributed by atoms with E-state index in [9.17, 15) is 34.8 Å². The molecule has 210 valence electrons. The first kappa shape index (κ1) is 26.5. The fraction of sp³-hybridized carbons (Fsp3) is 0.433. The molecule has 2 aromatic rings. The fourth-order valence-corrected chi connectivity index (χ4v) is 7.35. The number of likely N-dealkylation sites (tertiary alicyclic amines) is 1. The van der Waals surface area contributed by atoms with Crippen molar-refractivity contribution < 1.29 is 34.8 Å². The molecule has 1 saturated heterocycles. The zero-order valence-corrected chi connectivity index (χ0v) is 22.5. The number of phenolic OH excluding ortho intramolecular Hbond substituents is 1. The van der Waals surface area contributed by atoms with Gasteiger partial charge in [0.05, 0.1) is 11.6 Å². The van der Waals surface area contributed by atoms with Crippen molar-refractivity contribution in [3.63, 3.8) is 0 Å². The zero-order valence-electron chi connectivity index (χ0n) is 22.5. The van der Waals surface area contributed by atoms with Gasteiger partial charge in [-0.15, -0.1) is 0 Å². The van der Waals surface area contributed by atoms with Crippen LogP contribution in [0.25, 0.3) is 16.5 Å². The van der Waals surface area contributed by atoms with E-state index in [-0.39, 0.29) is 29.7 Å². The van der Waals surface area contributed by atoms with Crippen molar-refractivity contribution in [2.24, 2.45) is 17.6 Å². The Morgan fingerprint density at radius 1 is 1.12 bits per heavy atom. The van der Waals surface area contributed by atoms with Crippen LogP contribution >= 0.6 is 0 Å². The van der Waals surface area contributed by atoms with Gasteiger partial charge in [-0.25, -0.2) is 0 Å². The van der Waals surface area contributed by atoms with E-state index in [1.165, 1.54) is 4.90 Å². The summed E-state index contributed by atoms with van der Waals surface area (Å²) in [6.07, 6.45) is 2.66. The molecule has 6 N–H and O–H groups in total. The Balaban J connectivity index is 1.49. The average molecular weight is 548 g/mol. The summed E-state index contributed by atoms with van der Waals surface area (Å²) in [5.41, 5.74) is 3.55. The van der Waals surface area contributed by atoms with Crippen molar-refractivity contribution in [2.45, 2.75) is 43.9 Å². The maximum absolute atomic E-state index is 14.0. The number of primary amides is 1. The smallest absolute Gasteiger partial charge is 0.255 e. The largest absolute Gasteiger partial charge is 0.508 e. The van der Waals surface area contributed by atoms with Gasteiger partial charge in [0.2, 0.25) is 5.78 Å². The second kappa shape index (κ2) is 9.15. The predicted octanol–water partition coefficient (Wildman–Crippen LogP) is 1.71. The molecule has 0 radical (unpaired) electrons. The molecule has 2 fully saturated rings. The van der Waals surface area contributed by atoms with E-state index in [1.54, 1.807) is 14.1 Å². The van der Waals surface area contributed by atoms with Gasteiger partial charge in [-0.2, -0.15) is 0 Å². The molecule has 4 aliphatic rings. The number of rotatable bonds is 4. The van der Waals surface area contributed by atoms with E-state index in [0.717, 1.165) is 43.4 Å². The molecule has 1 saturated carbocycles. The fourth-order valence-electron chi connectivity index (χ4n) is 7.35. The van der Waals surface area contributed by atoms with Crippen molar-refractivity contribution in [3.8, 4) is 5.75 Å². The lowest BCUT2D eigenvalue weighted by Gasteiger charge is -2.50. The minimum Gasteiger partial charge on any atom is -0.508 e. The summed E-state index contributed by atoms with van der Waals surface area (Å²) >= 11 is 0. The molecule has 1 amide bonds. The monoisotopic (exact) mass is 547 g/mol. The number of nitrogens with zero attached hydrogens (tertiary/aromatic N) is 2. The van der Waals surface area contributed by atoms with E-state index in [2.05, 4.69) is 4.90 Å². The van der Waals surface area contributed by atoms with Gasteiger partial charge >= 0.3 is 0 Å². The third kappa shape index (κ3) is 3.63. The van der Waals surface area contributed by atoms with Crippen LogP contribution in [-0.2, 0) is 27.3 Å². The third-order valence-electron chi connectivity index (χ3n) is 9.19. The first-order chi connectivity index (χ1) is 18.9. The zero-order chi connectivity index (χ0) is 28.7. The van der Waals surface area contributed by atoms with Crippen molar-refractivity contribution in [1.82, 2.24) is 9.80 Å². The minimum atomic E-state index is -2.64. The lowest BCUT2D eigenvalue weighted by atomic mass is 9.57. The van der Waals surface area contributed by atoms with E-state index in [1.807, 2.05) is 24.3 Å². The number of fused-ring (bicyclic) bond motifs is 4. The summed E-state index contributed by atoms with van der Waals surface area (Å²) in [7, 11) is 3.16. The highest BCUT2D eigenvalue weighted by molar-refractivity contribution is 6.24. The number of aliphatic hydroxyl groups excluding tert-OH is 2. The normalized spacial score (nSPS) is 28.8. The second-order valence-corrected chi connectivity index (χ2v) is 11.8. The molecule has 3 aliphatic carbocycles. The number of benzene rings is 2. The third-order valence-corrected chi connectivity index (χ3v) is 9.19. The number of Topliss-reactive ketones (excluding diaryl/α,β-unsaturated/α-hetero) is 2. The summed E-state index contributed by atoms with van der Waals surface area (Å²) < 4.78 is 0. The van der Waals surface area contributed by atoms with Gasteiger partial charge in [0.1, 0.15) is 22.8 Å². The summed E-state index contributed by atoms with van der Waals surface area (Å²) in [5, 5.41) is 46.9. The highest BCUT2D eigenvalue weighted by atomic mass is 16.3. The Kier molecular flexibility index (Phi) is 6.06. The Morgan fingerprint density at radius 2 is 1.82 bits per heavy atom. The van der Waals surface area contributed by atoms with Crippen LogP contribution in [0.4, 0.5) is 0 Å². The number of likely N-dealkylation sites (N-methyl/N-ethyl adjacent to an activating group) is 1. The van der Waals surface area contributed by atoms with Crippen LogP contribution < -0.4 is 5.73 Å². The topological polar surface area (TPSA) is 165 Å². The van der Waals surface area contributed by atoms with Crippen LogP contribution in [0.3, 0.4) is 0 Å². The Bertz CT molecular complexity index is 1550. The van der Waals surface area contributed by atoms with Crippen LogP contribution in [-0.4, -0.2) is 86.5 Å².